The molecule has 0 radical (unpaired) electrons. The van der Waals surface area contributed by atoms with E-state index in [1.807, 2.05) is 0 Å². The van der Waals surface area contributed by atoms with Gasteiger partial charge in [-0.15, -0.1) is 0 Å². The maximum atomic E-state index is 12.9. The largest absolute Gasteiger partial charge is 0.320 e. The summed E-state index contributed by atoms with van der Waals surface area (Å²) in [6.07, 6.45) is 0.642. The van der Waals surface area contributed by atoms with Crippen molar-refractivity contribution in [2.24, 2.45) is 5.73 Å². The average Bonchev–Trinajstić information content (AvgIpc) is 2.49. The highest BCUT2D eigenvalue weighted by Gasteiger charge is 2.30. The number of rotatable bonds is 1. The van der Waals surface area contributed by atoms with Crippen LogP contribution in [0.2, 0.25) is 0 Å². The second-order valence-electron chi connectivity index (χ2n) is 3.48. The molecular formula is C10H10BrFN2O. The molecule has 15 heavy (non-hydrogen) atoms. The van der Waals surface area contributed by atoms with Gasteiger partial charge in [0.2, 0.25) is 5.91 Å². The summed E-state index contributed by atoms with van der Waals surface area (Å²) in [6.45, 7) is 0.588. The zero-order valence-corrected chi connectivity index (χ0v) is 9.50. The molecular weight excluding hydrogens is 263 g/mol. The van der Waals surface area contributed by atoms with Gasteiger partial charge in [-0.25, -0.2) is 4.39 Å². The molecule has 1 saturated heterocycles. The smallest absolute Gasteiger partial charge is 0.243 e. The van der Waals surface area contributed by atoms with Gasteiger partial charge in [-0.3, -0.25) is 4.79 Å². The number of anilines is 1. The van der Waals surface area contributed by atoms with Crippen molar-refractivity contribution in [2.75, 3.05) is 11.4 Å². The quantitative estimate of drug-likeness (QED) is 0.845. The molecule has 1 aliphatic rings. The number of halogens is 2. The predicted molar refractivity (Wildman–Crippen MR) is 59.0 cm³/mol. The fourth-order valence-corrected chi connectivity index (χ4v) is 2.21. The van der Waals surface area contributed by atoms with Crippen molar-refractivity contribution >= 4 is 27.5 Å². The Bertz CT molecular complexity index is 410. The van der Waals surface area contributed by atoms with E-state index in [-0.39, 0.29) is 11.7 Å². The van der Waals surface area contributed by atoms with Crippen LogP contribution < -0.4 is 10.6 Å². The van der Waals surface area contributed by atoms with Gasteiger partial charge in [0, 0.05) is 11.0 Å². The van der Waals surface area contributed by atoms with Gasteiger partial charge in [-0.05, 0) is 40.5 Å². The van der Waals surface area contributed by atoms with Gasteiger partial charge in [0.1, 0.15) is 5.82 Å². The summed E-state index contributed by atoms with van der Waals surface area (Å²) < 4.78 is 13.4. The maximum absolute atomic E-state index is 12.9. The van der Waals surface area contributed by atoms with E-state index in [1.54, 1.807) is 11.0 Å². The minimum atomic E-state index is -0.429. The Morgan fingerprint density at radius 1 is 1.53 bits per heavy atom. The molecule has 2 rings (SSSR count). The molecule has 0 bridgehead atoms. The van der Waals surface area contributed by atoms with Gasteiger partial charge in [-0.1, -0.05) is 0 Å². The molecule has 0 spiro atoms. The zero-order chi connectivity index (χ0) is 11.0. The van der Waals surface area contributed by atoms with E-state index in [9.17, 15) is 9.18 Å². The molecule has 0 saturated carbocycles. The van der Waals surface area contributed by atoms with Crippen molar-refractivity contribution in [1.82, 2.24) is 0 Å². The van der Waals surface area contributed by atoms with Gasteiger partial charge in [0.15, 0.2) is 0 Å². The van der Waals surface area contributed by atoms with Gasteiger partial charge >= 0.3 is 0 Å². The second kappa shape index (κ2) is 3.90. The summed E-state index contributed by atoms with van der Waals surface area (Å²) in [5.74, 6) is -0.441. The van der Waals surface area contributed by atoms with Crippen LogP contribution in [0.3, 0.4) is 0 Å². The summed E-state index contributed by atoms with van der Waals surface area (Å²) in [6, 6.07) is 3.82. The first-order valence-electron chi connectivity index (χ1n) is 4.61. The third-order valence-corrected chi connectivity index (χ3v) is 3.08. The summed E-state index contributed by atoms with van der Waals surface area (Å²) in [5.41, 5.74) is 6.28. The first-order chi connectivity index (χ1) is 7.09. The lowest BCUT2D eigenvalue weighted by Crippen LogP contribution is -2.34. The van der Waals surface area contributed by atoms with Crippen molar-refractivity contribution in [3.05, 3.63) is 28.5 Å². The minimum absolute atomic E-state index is 0.109. The molecule has 3 nitrogen and oxygen atoms in total. The number of nitrogens with two attached hydrogens (primary N) is 1. The van der Waals surface area contributed by atoms with E-state index in [0.717, 1.165) is 0 Å². The Morgan fingerprint density at radius 2 is 2.27 bits per heavy atom. The highest BCUT2D eigenvalue weighted by Crippen LogP contribution is 2.29. The molecule has 1 aliphatic heterocycles. The molecule has 0 aromatic heterocycles. The summed E-state index contributed by atoms with van der Waals surface area (Å²) in [5, 5.41) is 0. The van der Waals surface area contributed by atoms with Crippen molar-refractivity contribution in [3.8, 4) is 0 Å². The minimum Gasteiger partial charge on any atom is -0.320 e. The lowest BCUT2D eigenvalue weighted by molar-refractivity contribution is -0.118. The number of carbonyl (C=O) groups excluding carboxylic acids is 1. The molecule has 1 amide bonds. The number of carbonyl (C=O) groups is 1. The fourth-order valence-electron chi connectivity index (χ4n) is 1.64. The monoisotopic (exact) mass is 272 g/mol. The number of hydrogen-bond donors (Lipinski definition) is 1. The van der Waals surface area contributed by atoms with Crippen LogP contribution in [0.1, 0.15) is 6.42 Å². The molecule has 1 aromatic rings. The van der Waals surface area contributed by atoms with Crippen LogP contribution in [0, 0.1) is 5.82 Å². The third-order valence-electron chi connectivity index (χ3n) is 2.45. The van der Waals surface area contributed by atoms with Crippen molar-refractivity contribution < 1.29 is 9.18 Å². The molecule has 0 aliphatic carbocycles. The van der Waals surface area contributed by atoms with Crippen molar-refractivity contribution in [2.45, 2.75) is 12.5 Å². The summed E-state index contributed by atoms with van der Waals surface area (Å²) in [4.78, 5) is 13.2. The van der Waals surface area contributed by atoms with E-state index >= 15 is 0 Å². The number of hydrogen-bond acceptors (Lipinski definition) is 2. The van der Waals surface area contributed by atoms with Crippen LogP contribution in [-0.4, -0.2) is 18.5 Å². The fraction of sp³-hybridized carbons (Fsp3) is 0.300. The van der Waals surface area contributed by atoms with E-state index in [1.165, 1.54) is 12.1 Å². The molecule has 1 aromatic carbocycles. The Morgan fingerprint density at radius 3 is 2.80 bits per heavy atom. The average molecular weight is 273 g/mol. The topological polar surface area (TPSA) is 46.3 Å². The van der Waals surface area contributed by atoms with Crippen molar-refractivity contribution in [3.63, 3.8) is 0 Å². The first-order valence-corrected chi connectivity index (χ1v) is 5.41. The van der Waals surface area contributed by atoms with Gasteiger partial charge < -0.3 is 10.6 Å². The van der Waals surface area contributed by atoms with Crippen LogP contribution in [0.5, 0.6) is 0 Å². The highest BCUT2D eigenvalue weighted by atomic mass is 79.9. The Hall–Kier alpha value is -0.940. The van der Waals surface area contributed by atoms with Crippen LogP contribution >= 0.6 is 15.9 Å². The summed E-state index contributed by atoms with van der Waals surface area (Å²) in [7, 11) is 0. The van der Waals surface area contributed by atoms with Crippen LogP contribution in [0.25, 0.3) is 0 Å². The molecule has 5 heteroatoms. The second-order valence-corrected chi connectivity index (χ2v) is 4.34. The summed E-state index contributed by atoms with van der Waals surface area (Å²) >= 11 is 3.23. The lowest BCUT2D eigenvalue weighted by atomic mass is 10.3. The Balaban J connectivity index is 2.34. The van der Waals surface area contributed by atoms with Crippen LogP contribution in [0.15, 0.2) is 22.7 Å². The molecule has 2 N–H and O–H groups in total. The first kappa shape index (κ1) is 10.6. The lowest BCUT2D eigenvalue weighted by Gasteiger charge is -2.17. The standard InChI is InChI=1S/C10H10BrFN2O/c11-7-5-6(12)1-2-9(7)14-4-3-8(13)10(14)15/h1-2,5,8H,3-4,13H2. The predicted octanol–water partition coefficient (Wildman–Crippen LogP) is 1.65. The van der Waals surface area contributed by atoms with E-state index in [0.29, 0.717) is 23.1 Å². The van der Waals surface area contributed by atoms with Gasteiger partial charge in [0.25, 0.3) is 0 Å². The number of nitrogens with zero attached hydrogens (tertiary/aromatic N) is 1. The molecule has 1 atom stereocenters. The van der Waals surface area contributed by atoms with Crippen molar-refractivity contribution in [1.29, 1.82) is 0 Å². The molecule has 1 unspecified atom stereocenters. The van der Waals surface area contributed by atoms with Gasteiger partial charge in [0.05, 0.1) is 11.7 Å². The van der Waals surface area contributed by atoms with E-state index in [2.05, 4.69) is 15.9 Å². The zero-order valence-electron chi connectivity index (χ0n) is 7.91. The van der Waals surface area contributed by atoms with Gasteiger partial charge in [-0.2, -0.15) is 0 Å². The Labute approximate surface area is 95.2 Å². The third kappa shape index (κ3) is 1.89. The SMILES string of the molecule is NC1CCN(c2ccc(F)cc2Br)C1=O. The normalized spacial score (nSPS) is 21.1. The molecule has 80 valence electrons. The van der Waals surface area contributed by atoms with Crippen LogP contribution in [0.4, 0.5) is 10.1 Å². The Kier molecular flexibility index (Phi) is 2.75. The van der Waals surface area contributed by atoms with E-state index < -0.39 is 6.04 Å². The number of amides is 1. The number of benzene rings is 1. The molecule has 1 fully saturated rings. The van der Waals surface area contributed by atoms with E-state index in [4.69, 9.17) is 5.73 Å². The van der Waals surface area contributed by atoms with Crippen LogP contribution in [-0.2, 0) is 4.79 Å². The molecule has 1 heterocycles. The maximum Gasteiger partial charge on any atom is 0.243 e. The highest BCUT2D eigenvalue weighted by molar-refractivity contribution is 9.10.